The van der Waals surface area contributed by atoms with E-state index >= 15 is 0 Å². The Balaban J connectivity index is 1.87. The van der Waals surface area contributed by atoms with E-state index in [-0.39, 0.29) is 5.82 Å². The monoisotopic (exact) mass is 358 g/mol. The molecule has 26 heavy (non-hydrogen) atoms. The topological polar surface area (TPSA) is 25.8 Å². The highest BCUT2D eigenvalue weighted by atomic mass is 19.4. The average molecular weight is 358 g/mol. The van der Waals surface area contributed by atoms with Crippen LogP contribution < -0.4 is 0 Å². The van der Waals surface area contributed by atoms with Crippen molar-refractivity contribution in [2.45, 2.75) is 25.4 Å². The van der Waals surface area contributed by atoms with Crippen LogP contribution in [-0.2, 0) is 19.0 Å². The number of benzene rings is 2. The van der Waals surface area contributed by atoms with Gasteiger partial charge in [-0.15, -0.1) is 0 Å². The Morgan fingerprint density at radius 2 is 1.62 bits per heavy atom. The molecule has 0 atom stereocenters. The third-order valence-electron chi connectivity index (χ3n) is 4.50. The molecule has 2 nitrogen and oxygen atoms in total. The lowest BCUT2D eigenvalue weighted by Gasteiger charge is -2.13. The summed E-state index contributed by atoms with van der Waals surface area (Å²) in [6, 6.07) is 11.0. The van der Waals surface area contributed by atoms with Crippen LogP contribution in [0.4, 0.5) is 17.6 Å². The molecule has 3 aromatic rings. The van der Waals surface area contributed by atoms with Gasteiger partial charge in [0.1, 0.15) is 5.82 Å². The Morgan fingerprint density at radius 1 is 0.846 bits per heavy atom. The summed E-state index contributed by atoms with van der Waals surface area (Å²) in [7, 11) is 0. The summed E-state index contributed by atoms with van der Waals surface area (Å²) in [6.07, 6.45) is -2.02. The van der Waals surface area contributed by atoms with Crippen LogP contribution in [0, 0.1) is 5.82 Å². The van der Waals surface area contributed by atoms with E-state index in [1.54, 1.807) is 18.2 Å². The van der Waals surface area contributed by atoms with Crippen LogP contribution in [0.25, 0.3) is 22.6 Å². The molecule has 0 bridgehead atoms. The van der Waals surface area contributed by atoms with Crippen molar-refractivity contribution in [1.82, 2.24) is 9.97 Å². The van der Waals surface area contributed by atoms with Gasteiger partial charge in [-0.2, -0.15) is 13.2 Å². The zero-order valence-electron chi connectivity index (χ0n) is 13.6. The van der Waals surface area contributed by atoms with Gasteiger partial charge in [-0.25, -0.2) is 14.4 Å². The van der Waals surface area contributed by atoms with Crippen molar-refractivity contribution in [2.24, 2.45) is 0 Å². The van der Waals surface area contributed by atoms with Crippen LogP contribution in [-0.4, -0.2) is 9.97 Å². The van der Waals surface area contributed by atoms with Crippen LogP contribution in [0.3, 0.4) is 0 Å². The molecule has 4 rings (SSSR count). The fourth-order valence-electron chi connectivity index (χ4n) is 3.24. The fraction of sp³-hybridized carbons (Fsp3) is 0.200. The normalized spacial score (nSPS) is 13.7. The molecular weight excluding hydrogens is 344 g/mol. The van der Waals surface area contributed by atoms with E-state index in [9.17, 15) is 17.6 Å². The summed E-state index contributed by atoms with van der Waals surface area (Å²) in [5.74, 6) is 0.0334. The molecular formula is C20H14F4N2. The van der Waals surface area contributed by atoms with E-state index in [2.05, 4.69) is 9.97 Å². The quantitative estimate of drug-likeness (QED) is 0.569. The fourth-order valence-corrected chi connectivity index (χ4v) is 3.24. The number of rotatable bonds is 2. The van der Waals surface area contributed by atoms with Crippen molar-refractivity contribution >= 4 is 0 Å². The van der Waals surface area contributed by atoms with Gasteiger partial charge in [0.15, 0.2) is 5.82 Å². The number of aromatic nitrogens is 2. The number of nitrogens with zero attached hydrogens (tertiary/aromatic N) is 2. The van der Waals surface area contributed by atoms with Crippen molar-refractivity contribution in [3.8, 4) is 22.6 Å². The molecule has 0 fully saturated rings. The highest BCUT2D eigenvalue weighted by Gasteiger charge is 2.31. The lowest BCUT2D eigenvalue weighted by Crippen LogP contribution is -2.05. The van der Waals surface area contributed by atoms with E-state index in [0.717, 1.165) is 42.7 Å². The van der Waals surface area contributed by atoms with E-state index in [1.165, 1.54) is 18.2 Å². The maximum absolute atomic E-state index is 13.2. The van der Waals surface area contributed by atoms with Crippen LogP contribution in [0.1, 0.15) is 23.2 Å². The molecule has 1 aromatic heterocycles. The van der Waals surface area contributed by atoms with Crippen LogP contribution in [0.5, 0.6) is 0 Å². The second kappa shape index (κ2) is 6.20. The molecule has 0 saturated carbocycles. The van der Waals surface area contributed by atoms with Crippen LogP contribution in [0.15, 0.2) is 48.5 Å². The highest BCUT2D eigenvalue weighted by Crippen LogP contribution is 2.36. The van der Waals surface area contributed by atoms with Gasteiger partial charge >= 0.3 is 6.18 Å². The van der Waals surface area contributed by atoms with Crippen molar-refractivity contribution in [3.63, 3.8) is 0 Å². The number of fused-ring (bicyclic) bond motifs is 1. The Kier molecular flexibility index (Phi) is 3.98. The lowest BCUT2D eigenvalue weighted by molar-refractivity contribution is -0.137. The van der Waals surface area contributed by atoms with Gasteiger partial charge in [0.25, 0.3) is 0 Å². The largest absolute Gasteiger partial charge is 0.416 e. The third-order valence-corrected chi connectivity index (χ3v) is 4.50. The molecule has 0 aliphatic heterocycles. The van der Waals surface area contributed by atoms with Gasteiger partial charge < -0.3 is 0 Å². The summed E-state index contributed by atoms with van der Waals surface area (Å²) in [6.45, 7) is 0. The van der Waals surface area contributed by atoms with Gasteiger partial charge in [-0.1, -0.05) is 12.1 Å². The zero-order chi connectivity index (χ0) is 18.3. The number of hydrogen-bond acceptors (Lipinski definition) is 2. The van der Waals surface area contributed by atoms with Gasteiger partial charge in [0, 0.05) is 22.4 Å². The number of alkyl halides is 3. The summed E-state index contributed by atoms with van der Waals surface area (Å²) in [5.41, 5.74) is 2.63. The molecule has 0 spiro atoms. The van der Waals surface area contributed by atoms with Crippen molar-refractivity contribution in [2.75, 3.05) is 0 Å². The molecule has 0 saturated heterocycles. The zero-order valence-corrected chi connectivity index (χ0v) is 13.6. The van der Waals surface area contributed by atoms with Gasteiger partial charge in [0.2, 0.25) is 0 Å². The van der Waals surface area contributed by atoms with Gasteiger partial charge in [-0.05, 0) is 55.7 Å². The standard InChI is InChI=1S/C20H14F4N2/c21-15-9-7-12(8-10-15)19-25-17-6-2-5-16(17)18(26-19)13-3-1-4-14(11-13)20(22,23)24/h1,3-4,7-11H,2,5-6H2. The number of aryl methyl sites for hydroxylation is 1. The minimum atomic E-state index is -4.41. The predicted molar refractivity (Wildman–Crippen MR) is 89.9 cm³/mol. The molecule has 0 N–H and O–H groups in total. The predicted octanol–water partition coefficient (Wildman–Crippen LogP) is 5.46. The molecule has 1 aliphatic rings. The second-order valence-electron chi connectivity index (χ2n) is 6.26. The molecule has 6 heteroatoms. The summed E-state index contributed by atoms with van der Waals surface area (Å²) >= 11 is 0. The molecule has 2 aromatic carbocycles. The molecule has 1 heterocycles. The van der Waals surface area contributed by atoms with E-state index in [0.29, 0.717) is 22.6 Å². The smallest absolute Gasteiger partial charge is 0.233 e. The van der Waals surface area contributed by atoms with Crippen molar-refractivity contribution < 1.29 is 17.6 Å². The summed E-state index contributed by atoms with van der Waals surface area (Å²) in [4.78, 5) is 9.09. The van der Waals surface area contributed by atoms with E-state index < -0.39 is 11.7 Å². The SMILES string of the molecule is Fc1ccc(-c2nc3c(c(-c4cccc(C(F)(F)F)c4)n2)CCC3)cc1. The first-order valence-electron chi connectivity index (χ1n) is 8.25. The van der Waals surface area contributed by atoms with Crippen molar-refractivity contribution in [1.29, 1.82) is 0 Å². The minimum absolute atomic E-state index is 0.368. The van der Waals surface area contributed by atoms with E-state index in [1.807, 2.05) is 0 Å². The molecule has 132 valence electrons. The lowest BCUT2D eigenvalue weighted by atomic mass is 10.0. The Bertz CT molecular complexity index is 963. The van der Waals surface area contributed by atoms with E-state index in [4.69, 9.17) is 0 Å². The Labute approximate surface area is 147 Å². The average Bonchev–Trinajstić information content (AvgIpc) is 3.09. The van der Waals surface area contributed by atoms with Crippen molar-refractivity contribution in [3.05, 3.63) is 71.2 Å². The van der Waals surface area contributed by atoms with Crippen LogP contribution in [0.2, 0.25) is 0 Å². The molecule has 1 aliphatic carbocycles. The minimum Gasteiger partial charge on any atom is -0.233 e. The summed E-state index contributed by atoms with van der Waals surface area (Å²) < 4.78 is 52.4. The first-order chi connectivity index (χ1) is 12.4. The summed E-state index contributed by atoms with van der Waals surface area (Å²) in [5, 5.41) is 0. The maximum Gasteiger partial charge on any atom is 0.416 e. The second-order valence-corrected chi connectivity index (χ2v) is 6.26. The Morgan fingerprint density at radius 3 is 2.35 bits per heavy atom. The molecule has 0 unspecified atom stereocenters. The number of hydrogen-bond donors (Lipinski definition) is 0. The Hall–Kier alpha value is -2.76. The number of halogens is 4. The van der Waals surface area contributed by atoms with Crippen LogP contribution >= 0.6 is 0 Å². The van der Waals surface area contributed by atoms with Gasteiger partial charge in [-0.3, -0.25) is 0 Å². The maximum atomic E-state index is 13.2. The van der Waals surface area contributed by atoms with Gasteiger partial charge in [0.05, 0.1) is 11.3 Å². The third kappa shape index (κ3) is 3.07. The first-order valence-corrected chi connectivity index (χ1v) is 8.25. The molecule has 0 radical (unpaired) electrons. The highest BCUT2D eigenvalue weighted by molar-refractivity contribution is 5.69. The first kappa shape index (κ1) is 16.7. The molecule has 0 amide bonds.